The van der Waals surface area contributed by atoms with Gasteiger partial charge in [-0.1, -0.05) is 30.0 Å². The van der Waals surface area contributed by atoms with E-state index < -0.39 is 4.92 Å². The van der Waals surface area contributed by atoms with E-state index in [2.05, 4.69) is 0 Å². The van der Waals surface area contributed by atoms with Gasteiger partial charge in [0.2, 0.25) is 6.79 Å². The fraction of sp³-hybridized carbons (Fsp3) is 0.0588. The van der Waals surface area contributed by atoms with Crippen LogP contribution in [-0.4, -0.2) is 21.9 Å². The number of rotatable bonds is 3. The van der Waals surface area contributed by atoms with Crippen molar-refractivity contribution in [1.29, 1.82) is 0 Å². The molecule has 0 bridgehead atoms. The van der Waals surface area contributed by atoms with Crippen molar-refractivity contribution in [2.45, 2.75) is 0 Å². The molecule has 9 heteroatoms. The Morgan fingerprint density at radius 2 is 1.88 bits per heavy atom. The summed E-state index contributed by atoms with van der Waals surface area (Å²) in [5.41, 5.74) is 1.24. The van der Waals surface area contributed by atoms with Crippen LogP contribution in [0.25, 0.3) is 6.08 Å². The fourth-order valence-corrected chi connectivity index (χ4v) is 3.87. The number of non-ortho nitro benzene ring substituents is 1. The van der Waals surface area contributed by atoms with Gasteiger partial charge in [0.15, 0.2) is 15.8 Å². The van der Waals surface area contributed by atoms with E-state index in [-0.39, 0.29) is 18.4 Å². The molecule has 0 aromatic heterocycles. The van der Waals surface area contributed by atoms with Crippen LogP contribution in [0, 0.1) is 10.1 Å². The van der Waals surface area contributed by atoms with E-state index in [4.69, 9.17) is 21.7 Å². The van der Waals surface area contributed by atoms with E-state index in [9.17, 15) is 14.9 Å². The highest BCUT2D eigenvalue weighted by Crippen LogP contribution is 2.38. The number of thioether (sulfide) groups is 1. The molecule has 2 aliphatic rings. The Balaban J connectivity index is 1.61. The average molecular weight is 386 g/mol. The Hall–Kier alpha value is -2.91. The molecule has 0 saturated carbocycles. The Kier molecular flexibility index (Phi) is 4.09. The largest absolute Gasteiger partial charge is 0.454 e. The number of ether oxygens (including phenoxy) is 2. The number of nitrogens with zero attached hydrogens (tertiary/aromatic N) is 2. The van der Waals surface area contributed by atoms with Crippen molar-refractivity contribution in [2.75, 3.05) is 11.7 Å². The van der Waals surface area contributed by atoms with Gasteiger partial charge in [0, 0.05) is 12.1 Å². The number of carbonyl (C=O) groups excluding carboxylic acids is 1. The van der Waals surface area contributed by atoms with Crippen molar-refractivity contribution in [1.82, 2.24) is 0 Å². The van der Waals surface area contributed by atoms with Gasteiger partial charge in [-0.15, -0.1) is 0 Å². The van der Waals surface area contributed by atoms with E-state index in [1.54, 1.807) is 18.2 Å². The highest BCUT2D eigenvalue weighted by molar-refractivity contribution is 8.27. The van der Waals surface area contributed by atoms with Crippen molar-refractivity contribution < 1.29 is 19.2 Å². The molecule has 130 valence electrons. The van der Waals surface area contributed by atoms with Gasteiger partial charge in [-0.05, 0) is 35.9 Å². The minimum absolute atomic E-state index is 0.0462. The number of amides is 1. The molecule has 2 aliphatic heterocycles. The van der Waals surface area contributed by atoms with Crippen LogP contribution in [0.3, 0.4) is 0 Å². The van der Waals surface area contributed by atoms with E-state index in [0.29, 0.717) is 26.4 Å². The van der Waals surface area contributed by atoms with Crippen LogP contribution >= 0.6 is 24.0 Å². The van der Waals surface area contributed by atoms with E-state index in [0.717, 1.165) is 5.56 Å². The maximum Gasteiger partial charge on any atom is 0.270 e. The van der Waals surface area contributed by atoms with Crippen LogP contribution in [0.5, 0.6) is 11.5 Å². The molecular formula is C17H10N2O5S2. The topological polar surface area (TPSA) is 81.9 Å². The summed E-state index contributed by atoms with van der Waals surface area (Å²) in [5, 5.41) is 10.8. The van der Waals surface area contributed by atoms with E-state index in [1.807, 2.05) is 6.07 Å². The number of anilines is 1. The van der Waals surface area contributed by atoms with Crippen LogP contribution in [0.15, 0.2) is 47.4 Å². The Morgan fingerprint density at radius 3 is 2.62 bits per heavy atom. The van der Waals surface area contributed by atoms with Gasteiger partial charge in [0.1, 0.15) is 0 Å². The highest BCUT2D eigenvalue weighted by Gasteiger charge is 2.33. The molecule has 1 amide bonds. The molecule has 0 spiro atoms. The number of hydrogen-bond acceptors (Lipinski definition) is 7. The summed E-state index contributed by atoms with van der Waals surface area (Å²) in [5.74, 6) is 1.02. The van der Waals surface area contributed by atoms with Crippen LogP contribution in [0.4, 0.5) is 11.4 Å². The summed E-state index contributed by atoms with van der Waals surface area (Å²) < 4.78 is 11.0. The maximum atomic E-state index is 12.7. The zero-order chi connectivity index (χ0) is 18.3. The molecule has 1 saturated heterocycles. The SMILES string of the molecule is O=C1C(=Cc2ccc3c(c2)OCO3)SC(=S)N1c1ccc([N+](=O)[O-])cc1. The first-order valence-electron chi connectivity index (χ1n) is 7.45. The third-order valence-corrected chi connectivity index (χ3v) is 5.11. The first kappa shape index (κ1) is 16.6. The maximum absolute atomic E-state index is 12.7. The van der Waals surface area contributed by atoms with Gasteiger partial charge >= 0.3 is 0 Å². The smallest absolute Gasteiger partial charge is 0.270 e. The fourth-order valence-electron chi connectivity index (χ4n) is 2.57. The lowest BCUT2D eigenvalue weighted by Crippen LogP contribution is -2.27. The lowest BCUT2D eigenvalue weighted by Gasteiger charge is -2.13. The van der Waals surface area contributed by atoms with Gasteiger partial charge in [0.25, 0.3) is 11.6 Å². The summed E-state index contributed by atoms with van der Waals surface area (Å²) in [4.78, 5) is 24.8. The van der Waals surface area contributed by atoms with Gasteiger partial charge in [-0.3, -0.25) is 19.8 Å². The second kappa shape index (κ2) is 6.43. The molecule has 0 atom stereocenters. The number of nitro benzene ring substituents is 1. The first-order chi connectivity index (χ1) is 12.5. The molecule has 0 radical (unpaired) electrons. The zero-order valence-corrected chi connectivity index (χ0v) is 14.7. The summed E-state index contributed by atoms with van der Waals surface area (Å²) >= 11 is 6.48. The zero-order valence-electron chi connectivity index (χ0n) is 13.1. The molecule has 0 unspecified atom stereocenters. The number of thiocarbonyl (C=S) groups is 1. The van der Waals surface area contributed by atoms with Crippen LogP contribution in [0.2, 0.25) is 0 Å². The van der Waals surface area contributed by atoms with Crippen molar-refractivity contribution in [3.05, 3.63) is 63.0 Å². The average Bonchev–Trinajstić information content (AvgIpc) is 3.19. The number of nitro groups is 1. The second-order valence-electron chi connectivity index (χ2n) is 5.40. The van der Waals surface area contributed by atoms with Crippen molar-refractivity contribution in [3.8, 4) is 11.5 Å². The minimum atomic E-state index is -0.492. The predicted octanol–water partition coefficient (Wildman–Crippen LogP) is 3.73. The van der Waals surface area contributed by atoms with E-state index in [1.165, 1.54) is 40.9 Å². The van der Waals surface area contributed by atoms with Crippen LogP contribution in [0.1, 0.15) is 5.56 Å². The molecule has 2 aromatic carbocycles. The van der Waals surface area contributed by atoms with Crippen LogP contribution < -0.4 is 14.4 Å². The standard InChI is InChI=1S/C17H10N2O5S2/c20-16-15(8-10-1-6-13-14(7-10)24-9-23-13)26-17(25)18(16)11-2-4-12(5-3-11)19(21)22/h1-8H,9H2. The quantitative estimate of drug-likeness (QED) is 0.344. The van der Waals surface area contributed by atoms with Crippen LogP contribution in [-0.2, 0) is 4.79 Å². The number of hydrogen-bond donors (Lipinski definition) is 0. The molecule has 0 N–H and O–H groups in total. The number of carbonyl (C=O) groups is 1. The third kappa shape index (κ3) is 2.91. The summed E-state index contributed by atoms with van der Waals surface area (Å²) in [6, 6.07) is 11.1. The molecule has 2 aromatic rings. The van der Waals surface area contributed by atoms with Crippen molar-refractivity contribution in [3.63, 3.8) is 0 Å². The normalized spacial score (nSPS) is 17.2. The van der Waals surface area contributed by atoms with E-state index >= 15 is 0 Å². The van der Waals surface area contributed by atoms with Crippen molar-refractivity contribution >= 4 is 51.7 Å². The van der Waals surface area contributed by atoms with Gasteiger partial charge in [0.05, 0.1) is 15.5 Å². The monoisotopic (exact) mass is 386 g/mol. The Labute approximate surface area is 157 Å². The molecule has 26 heavy (non-hydrogen) atoms. The van der Waals surface area contributed by atoms with Gasteiger partial charge in [-0.25, -0.2) is 0 Å². The molecule has 4 rings (SSSR count). The Morgan fingerprint density at radius 1 is 1.15 bits per heavy atom. The predicted molar refractivity (Wildman–Crippen MR) is 101 cm³/mol. The van der Waals surface area contributed by atoms with Gasteiger partial charge < -0.3 is 9.47 Å². The highest BCUT2D eigenvalue weighted by atomic mass is 32.2. The summed E-state index contributed by atoms with van der Waals surface area (Å²) in [7, 11) is 0. The lowest BCUT2D eigenvalue weighted by atomic mass is 10.2. The number of benzene rings is 2. The molecule has 7 nitrogen and oxygen atoms in total. The molecule has 1 fully saturated rings. The molecule has 2 heterocycles. The summed E-state index contributed by atoms with van der Waals surface area (Å²) in [6.45, 7) is 0.182. The lowest BCUT2D eigenvalue weighted by molar-refractivity contribution is -0.384. The molecular weight excluding hydrogens is 376 g/mol. The van der Waals surface area contributed by atoms with Gasteiger partial charge in [-0.2, -0.15) is 0 Å². The second-order valence-corrected chi connectivity index (χ2v) is 7.08. The number of fused-ring (bicyclic) bond motifs is 1. The first-order valence-corrected chi connectivity index (χ1v) is 8.67. The Bertz CT molecular complexity index is 972. The molecule has 0 aliphatic carbocycles. The third-order valence-electron chi connectivity index (χ3n) is 3.81. The minimum Gasteiger partial charge on any atom is -0.454 e. The van der Waals surface area contributed by atoms with Crippen molar-refractivity contribution in [2.24, 2.45) is 0 Å². The summed E-state index contributed by atoms with van der Waals surface area (Å²) in [6.07, 6.45) is 1.73.